The van der Waals surface area contributed by atoms with Crippen molar-refractivity contribution in [3.63, 3.8) is 0 Å². The van der Waals surface area contributed by atoms with Gasteiger partial charge in [0.05, 0.1) is 23.1 Å². The molecule has 0 unspecified atom stereocenters. The molecule has 2 aromatic rings. The van der Waals surface area contributed by atoms with E-state index in [1.807, 2.05) is 18.2 Å². The molecule has 2 rings (SSSR count). The lowest BCUT2D eigenvalue weighted by Gasteiger charge is -1.91. The standard InChI is InChI=1S/C10H6ClN3S/c11-9-8(4-5-12)15-10(14-9)7-3-1-2-6-13-7/h1-3,6H,4H2. The summed E-state index contributed by atoms with van der Waals surface area (Å²) in [4.78, 5) is 9.13. The Morgan fingerprint density at radius 2 is 2.33 bits per heavy atom. The summed E-state index contributed by atoms with van der Waals surface area (Å²) in [5.41, 5.74) is 0.786. The second kappa shape index (κ2) is 4.39. The van der Waals surface area contributed by atoms with E-state index in [0.717, 1.165) is 15.6 Å². The molecule has 74 valence electrons. The van der Waals surface area contributed by atoms with Gasteiger partial charge < -0.3 is 0 Å². The SMILES string of the molecule is N#CCc1sc(-c2ccccn2)nc1Cl. The van der Waals surface area contributed by atoms with E-state index in [1.54, 1.807) is 6.20 Å². The number of hydrogen-bond acceptors (Lipinski definition) is 4. The van der Waals surface area contributed by atoms with Crippen LogP contribution in [0.5, 0.6) is 0 Å². The largest absolute Gasteiger partial charge is 0.254 e. The number of nitrogens with zero attached hydrogens (tertiary/aromatic N) is 3. The predicted molar refractivity (Wildman–Crippen MR) is 59.7 cm³/mol. The molecule has 0 spiro atoms. The predicted octanol–water partition coefficient (Wildman–Crippen LogP) is 2.92. The van der Waals surface area contributed by atoms with Crippen LogP contribution in [-0.2, 0) is 6.42 Å². The third-order valence-electron chi connectivity index (χ3n) is 1.77. The van der Waals surface area contributed by atoms with Crippen molar-refractivity contribution >= 4 is 22.9 Å². The van der Waals surface area contributed by atoms with Crippen molar-refractivity contribution in [1.29, 1.82) is 5.26 Å². The molecule has 0 atom stereocenters. The fourth-order valence-electron chi connectivity index (χ4n) is 1.11. The zero-order chi connectivity index (χ0) is 10.7. The van der Waals surface area contributed by atoms with Crippen molar-refractivity contribution < 1.29 is 0 Å². The molecule has 2 heterocycles. The normalized spacial score (nSPS) is 9.87. The van der Waals surface area contributed by atoms with E-state index in [1.165, 1.54) is 11.3 Å². The van der Waals surface area contributed by atoms with E-state index in [9.17, 15) is 0 Å². The number of halogens is 1. The van der Waals surface area contributed by atoms with Crippen molar-refractivity contribution in [3.05, 3.63) is 34.4 Å². The molecule has 15 heavy (non-hydrogen) atoms. The second-order valence-electron chi connectivity index (χ2n) is 2.78. The Morgan fingerprint density at radius 3 is 3.00 bits per heavy atom. The highest BCUT2D eigenvalue weighted by atomic mass is 35.5. The van der Waals surface area contributed by atoms with Crippen LogP contribution in [0.25, 0.3) is 10.7 Å². The van der Waals surface area contributed by atoms with Gasteiger partial charge in [0.1, 0.15) is 10.2 Å². The van der Waals surface area contributed by atoms with Crippen LogP contribution in [0.3, 0.4) is 0 Å². The van der Waals surface area contributed by atoms with Crippen molar-refractivity contribution in [3.8, 4) is 16.8 Å². The molecule has 0 radical (unpaired) electrons. The van der Waals surface area contributed by atoms with Gasteiger partial charge in [-0.3, -0.25) is 4.98 Å². The topological polar surface area (TPSA) is 49.6 Å². The summed E-state index contributed by atoms with van der Waals surface area (Å²) >= 11 is 7.30. The highest BCUT2D eigenvalue weighted by molar-refractivity contribution is 7.15. The maximum Gasteiger partial charge on any atom is 0.145 e. The van der Waals surface area contributed by atoms with Crippen LogP contribution in [0.15, 0.2) is 24.4 Å². The summed E-state index contributed by atoms with van der Waals surface area (Å²) in [6, 6.07) is 7.65. The first-order chi connectivity index (χ1) is 7.31. The Morgan fingerprint density at radius 1 is 1.47 bits per heavy atom. The van der Waals surface area contributed by atoms with Gasteiger partial charge in [-0.25, -0.2) is 4.98 Å². The summed E-state index contributed by atoms with van der Waals surface area (Å²) in [7, 11) is 0. The van der Waals surface area contributed by atoms with Gasteiger partial charge in [0.2, 0.25) is 0 Å². The minimum Gasteiger partial charge on any atom is -0.254 e. The Bertz CT molecular complexity index is 501. The van der Waals surface area contributed by atoms with E-state index >= 15 is 0 Å². The maximum absolute atomic E-state index is 8.58. The fourth-order valence-corrected chi connectivity index (χ4v) is 2.29. The van der Waals surface area contributed by atoms with Gasteiger partial charge in [-0.05, 0) is 12.1 Å². The lowest BCUT2D eigenvalue weighted by molar-refractivity contribution is 1.26. The lowest BCUT2D eigenvalue weighted by Crippen LogP contribution is -1.79. The summed E-state index contributed by atoms with van der Waals surface area (Å²) in [6.45, 7) is 0. The van der Waals surface area contributed by atoms with Crippen molar-refractivity contribution in [2.75, 3.05) is 0 Å². The summed E-state index contributed by atoms with van der Waals surface area (Å²) in [5, 5.41) is 9.74. The molecule has 3 nitrogen and oxygen atoms in total. The number of rotatable bonds is 2. The summed E-state index contributed by atoms with van der Waals surface area (Å²) < 4.78 is 0. The van der Waals surface area contributed by atoms with Gasteiger partial charge >= 0.3 is 0 Å². The molecular formula is C10H6ClN3S. The third kappa shape index (κ3) is 2.14. The Balaban J connectivity index is 2.40. The maximum atomic E-state index is 8.58. The van der Waals surface area contributed by atoms with Crippen molar-refractivity contribution in [2.24, 2.45) is 0 Å². The average Bonchev–Trinajstić information content (AvgIpc) is 2.63. The number of nitriles is 1. The minimum absolute atomic E-state index is 0.295. The van der Waals surface area contributed by atoms with Gasteiger partial charge in [0.25, 0.3) is 0 Å². The van der Waals surface area contributed by atoms with Gasteiger partial charge in [-0.1, -0.05) is 17.7 Å². The first-order valence-electron chi connectivity index (χ1n) is 4.25. The number of pyridine rings is 1. The molecule has 0 amide bonds. The van der Waals surface area contributed by atoms with Crippen LogP contribution in [0.4, 0.5) is 0 Å². The molecule has 0 aromatic carbocycles. The Hall–Kier alpha value is -1.44. The van der Waals surface area contributed by atoms with Crippen LogP contribution in [0.2, 0.25) is 5.15 Å². The van der Waals surface area contributed by atoms with Crippen molar-refractivity contribution in [1.82, 2.24) is 9.97 Å². The number of thiazole rings is 1. The molecule has 0 aliphatic carbocycles. The summed E-state index contributed by atoms with van der Waals surface area (Å²) in [5.74, 6) is 0. The average molecular weight is 236 g/mol. The number of hydrogen-bond donors (Lipinski definition) is 0. The van der Waals surface area contributed by atoms with Gasteiger partial charge in [0, 0.05) is 6.20 Å². The van der Waals surface area contributed by atoms with Crippen LogP contribution >= 0.6 is 22.9 Å². The first kappa shape index (κ1) is 10.1. The molecule has 2 aromatic heterocycles. The minimum atomic E-state index is 0.295. The highest BCUT2D eigenvalue weighted by Crippen LogP contribution is 2.29. The van der Waals surface area contributed by atoms with E-state index in [-0.39, 0.29) is 0 Å². The first-order valence-corrected chi connectivity index (χ1v) is 5.44. The van der Waals surface area contributed by atoms with E-state index in [0.29, 0.717) is 11.6 Å². The molecule has 0 aliphatic heterocycles. The molecule has 5 heteroatoms. The fraction of sp³-hybridized carbons (Fsp3) is 0.100. The summed E-state index contributed by atoms with van der Waals surface area (Å²) in [6.07, 6.45) is 2.00. The lowest BCUT2D eigenvalue weighted by atomic mass is 10.4. The van der Waals surface area contributed by atoms with E-state index in [4.69, 9.17) is 16.9 Å². The van der Waals surface area contributed by atoms with Crippen LogP contribution in [-0.4, -0.2) is 9.97 Å². The molecule has 0 saturated carbocycles. The Labute approximate surface area is 96.0 Å². The van der Waals surface area contributed by atoms with Crippen molar-refractivity contribution in [2.45, 2.75) is 6.42 Å². The van der Waals surface area contributed by atoms with Gasteiger partial charge in [-0.2, -0.15) is 5.26 Å². The highest BCUT2D eigenvalue weighted by Gasteiger charge is 2.10. The molecule has 0 bridgehead atoms. The van der Waals surface area contributed by atoms with Crippen LogP contribution < -0.4 is 0 Å². The van der Waals surface area contributed by atoms with Gasteiger partial charge in [0.15, 0.2) is 0 Å². The molecule has 0 aliphatic rings. The number of aromatic nitrogens is 2. The Kier molecular flexibility index (Phi) is 2.95. The quantitative estimate of drug-likeness (QED) is 0.804. The monoisotopic (exact) mass is 235 g/mol. The van der Waals surface area contributed by atoms with Crippen LogP contribution in [0.1, 0.15) is 4.88 Å². The molecule has 0 fully saturated rings. The second-order valence-corrected chi connectivity index (χ2v) is 4.22. The van der Waals surface area contributed by atoms with Gasteiger partial charge in [-0.15, -0.1) is 11.3 Å². The smallest absolute Gasteiger partial charge is 0.145 e. The molecule has 0 saturated heterocycles. The third-order valence-corrected chi connectivity index (χ3v) is 3.28. The zero-order valence-electron chi connectivity index (χ0n) is 7.64. The molecule has 0 N–H and O–H groups in total. The van der Waals surface area contributed by atoms with E-state index < -0.39 is 0 Å². The van der Waals surface area contributed by atoms with Crippen LogP contribution in [0, 0.1) is 11.3 Å². The van der Waals surface area contributed by atoms with E-state index in [2.05, 4.69) is 16.0 Å². The molecular weight excluding hydrogens is 230 g/mol. The zero-order valence-corrected chi connectivity index (χ0v) is 9.22.